The molecule has 2 amide bonds. The fourth-order valence-corrected chi connectivity index (χ4v) is 3.47. The second-order valence-electron chi connectivity index (χ2n) is 5.49. The maximum atomic E-state index is 12.7. The molecule has 0 bridgehead atoms. The Balaban J connectivity index is 2.35. The molecule has 124 valence electrons. The highest BCUT2D eigenvalue weighted by Crippen LogP contribution is 2.38. The molecular formula is C17H20ClNO3S. The summed E-state index contributed by atoms with van der Waals surface area (Å²) in [6.45, 7) is 4.88. The summed E-state index contributed by atoms with van der Waals surface area (Å²) in [5, 5.41) is 0.809. The van der Waals surface area contributed by atoms with Gasteiger partial charge in [0, 0.05) is 30.5 Å². The van der Waals surface area contributed by atoms with Crippen LogP contribution in [-0.2, 0) is 14.3 Å². The van der Waals surface area contributed by atoms with Gasteiger partial charge in [-0.05, 0) is 24.1 Å². The van der Waals surface area contributed by atoms with Gasteiger partial charge in [0.25, 0.3) is 11.8 Å². The predicted octanol–water partition coefficient (Wildman–Crippen LogP) is 3.60. The van der Waals surface area contributed by atoms with Gasteiger partial charge in [-0.1, -0.05) is 37.6 Å². The van der Waals surface area contributed by atoms with Crippen molar-refractivity contribution in [1.29, 1.82) is 0 Å². The average Bonchev–Trinajstić information content (AvgIpc) is 2.72. The van der Waals surface area contributed by atoms with Gasteiger partial charge in [-0.3, -0.25) is 14.5 Å². The van der Waals surface area contributed by atoms with Gasteiger partial charge in [-0.15, -0.1) is 11.8 Å². The van der Waals surface area contributed by atoms with E-state index in [4.69, 9.17) is 16.3 Å². The predicted molar refractivity (Wildman–Crippen MR) is 94.3 cm³/mol. The maximum Gasteiger partial charge on any atom is 0.267 e. The first-order valence-corrected chi connectivity index (χ1v) is 8.73. The molecule has 0 atom stereocenters. The summed E-state index contributed by atoms with van der Waals surface area (Å²) in [7, 11) is 1.60. The second kappa shape index (κ2) is 7.99. The van der Waals surface area contributed by atoms with E-state index in [-0.39, 0.29) is 17.1 Å². The van der Waals surface area contributed by atoms with Gasteiger partial charge in [0.15, 0.2) is 0 Å². The fourth-order valence-electron chi connectivity index (χ4n) is 2.34. The number of imide groups is 1. The van der Waals surface area contributed by atoms with Crippen molar-refractivity contribution in [3.05, 3.63) is 39.8 Å². The Labute approximate surface area is 145 Å². The normalized spacial score (nSPS) is 15.3. The monoisotopic (exact) mass is 353 g/mol. The van der Waals surface area contributed by atoms with Crippen LogP contribution in [-0.4, -0.2) is 42.2 Å². The summed E-state index contributed by atoms with van der Waals surface area (Å²) in [5.41, 5.74) is 1.20. The Morgan fingerprint density at radius 2 is 1.83 bits per heavy atom. The van der Waals surface area contributed by atoms with Gasteiger partial charge >= 0.3 is 0 Å². The van der Waals surface area contributed by atoms with Gasteiger partial charge in [0.05, 0.1) is 10.5 Å². The first kappa shape index (κ1) is 18.0. The van der Waals surface area contributed by atoms with Gasteiger partial charge in [0.2, 0.25) is 0 Å². The molecule has 1 aliphatic rings. The zero-order chi connectivity index (χ0) is 17.0. The van der Waals surface area contributed by atoms with Crippen molar-refractivity contribution in [2.45, 2.75) is 25.5 Å². The number of halogens is 1. The van der Waals surface area contributed by atoms with Gasteiger partial charge in [0.1, 0.15) is 0 Å². The molecule has 0 unspecified atom stereocenters. The van der Waals surface area contributed by atoms with E-state index >= 15 is 0 Å². The number of benzene rings is 1. The lowest BCUT2D eigenvalue weighted by molar-refractivity contribution is -0.136. The summed E-state index contributed by atoms with van der Waals surface area (Å²) in [6.07, 6.45) is 0.626. The minimum Gasteiger partial charge on any atom is -0.385 e. The molecule has 23 heavy (non-hydrogen) atoms. The lowest BCUT2D eigenvalue weighted by Gasteiger charge is -2.14. The Bertz CT molecular complexity index is 625. The van der Waals surface area contributed by atoms with Crippen molar-refractivity contribution in [2.24, 2.45) is 0 Å². The number of methoxy groups -OCH3 is 1. The quantitative estimate of drug-likeness (QED) is 0.555. The van der Waals surface area contributed by atoms with Gasteiger partial charge in [-0.25, -0.2) is 0 Å². The molecule has 0 saturated heterocycles. The van der Waals surface area contributed by atoms with E-state index in [9.17, 15) is 9.59 Å². The number of rotatable bonds is 7. The molecule has 1 aromatic carbocycles. The third-order valence-corrected chi connectivity index (χ3v) is 4.68. The standard InChI is InChI=1S/C17H20ClNO3S/c1-11(2)23-15-14(12-5-7-13(18)8-6-12)16(20)19(17(15)21)9-4-10-22-3/h5-8,11H,4,9-10H2,1-3H3. The number of carbonyl (C=O) groups excluding carboxylic acids is 2. The van der Waals surface area contributed by atoms with Crippen molar-refractivity contribution in [3.63, 3.8) is 0 Å². The molecule has 1 heterocycles. The number of hydrogen-bond donors (Lipinski definition) is 0. The molecule has 0 radical (unpaired) electrons. The number of carbonyl (C=O) groups is 2. The van der Waals surface area contributed by atoms with Crippen molar-refractivity contribution < 1.29 is 14.3 Å². The smallest absolute Gasteiger partial charge is 0.267 e. The summed E-state index contributed by atoms with van der Waals surface area (Å²) in [5.74, 6) is -0.452. The van der Waals surface area contributed by atoms with Gasteiger partial charge in [-0.2, -0.15) is 0 Å². The highest BCUT2D eigenvalue weighted by molar-refractivity contribution is 8.04. The van der Waals surface area contributed by atoms with Crippen molar-refractivity contribution in [1.82, 2.24) is 4.90 Å². The van der Waals surface area contributed by atoms with Crippen molar-refractivity contribution in [3.8, 4) is 0 Å². The van der Waals surface area contributed by atoms with Crippen LogP contribution in [0.1, 0.15) is 25.8 Å². The lowest BCUT2D eigenvalue weighted by Crippen LogP contribution is -2.33. The molecule has 6 heteroatoms. The van der Waals surface area contributed by atoms with Crippen molar-refractivity contribution >= 4 is 40.8 Å². The van der Waals surface area contributed by atoms with Crippen LogP contribution in [0.25, 0.3) is 5.57 Å². The molecule has 0 aliphatic carbocycles. The second-order valence-corrected chi connectivity index (χ2v) is 7.51. The van der Waals surface area contributed by atoms with Crippen LogP contribution in [0.4, 0.5) is 0 Å². The topological polar surface area (TPSA) is 46.6 Å². The largest absolute Gasteiger partial charge is 0.385 e. The van der Waals surface area contributed by atoms with E-state index in [1.54, 1.807) is 31.4 Å². The SMILES string of the molecule is COCCCN1C(=O)C(SC(C)C)=C(c2ccc(Cl)cc2)C1=O. The van der Waals surface area contributed by atoms with E-state index in [2.05, 4.69) is 0 Å². The Hall–Kier alpha value is -1.30. The van der Waals surface area contributed by atoms with E-state index in [1.807, 2.05) is 13.8 Å². The molecule has 0 aromatic heterocycles. The minimum atomic E-state index is -0.239. The highest BCUT2D eigenvalue weighted by atomic mass is 35.5. The fraction of sp³-hybridized carbons (Fsp3) is 0.412. The van der Waals surface area contributed by atoms with E-state index in [0.29, 0.717) is 35.1 Å². The van der Waals surface area contributed by atoms with E-state index < -0.39 is 0 Å². The Kier molecular flexibility index (Phi) is 6.27. The summed E-state index contributed by atoms with van der Waals surface area (Å²) in [4.78, 5) is 27.2. The number of hydrogen-bond acceptors (Lipinski definition) is 4. The molecule has 0 spiro atoms. The molecular weight excluding hydrogens is 334 g/mol. The Morgan fingerprint density at radius 3 is 2.39 bits per heavy atom. The van der Waals surface area contributed by atoms with Crippen LogP contribution >= 0.6 is 23.4 Å². The van der Waals surface area contributed by atoms with Crippen LogP contribution in [0.15, 0.2) is 29.2 Å². The number of nitrogens with zero attached hydrogens (tertiary/aromatic N) is 1. The molecule has 1 aliphatic heterocycles. The first-order chi connectivity index (χ1) is 11.0. The van der Waals surface area contributed by atoms with Crippen LogP contribution in [0, 0.1) is 0 Å². The average molecular weight is 354 g/mol. The summed E-state index contributed by atoms with van der Waals surface area (Å²) in [6, 6.07) is 7.02. The number of ether oxygens (including phenoxy) is 1. The Morgan fingerprint density at radius 1 is 1.17 bits per heavy atom. The third kappa shape index (κ3) is 4.16. The molecule has 2 rings (SSSR count). The third-order valence-electron chi connectivity index (χ3n) is 3.34. The zero-order valence-electron chi connectivity index (χ0n) is 13.5. The van der Waals surface area contributed by atoms with Crippen molar-refractivity contribution in [2.75, 3.05) is 20.3 Å². The first-order valence-electron chi connectivity index (χ1n) is 7.47. The summed E-state index contributed by atoms with van der Waals surface area (Å²) >= 11 is 7.35. The minimum absolute atomic E-state index is 0.211. The van der Waals surface area contributed by atoms with E-state index in [0.717, 1.165) is 5.56 Å². The molecule has 0 saturated carbocycles. The van der Waals surface area contributed by atoms with Crippen LogP contribution in [0.3, 0.4) is 0 Å². The van der Waals surface area contributed by atoms with Gasteiger partial charge < -0.3 is 4.74 Å². The molecule has 4 nitrogen and oxygen atoms in total. The van der Waals surface area contributed by atoms with Crippen LogP contribution in [0.5, 0.6) is 0 Å². The molecule has 0 fully saturated rings. The zero-order valence-corrected chi connectivity index (χ0v) is 15.0. The maximum absolute atomic E-state index is 12.7. The molecule has 0 N–H and O–H groups in total. The number of amides is 2. The number of thioether (sulfide) groups is 1. The lowest BCUT2D eigenvalue weighted by atomic mass is 10.1. The van der Waals surface area contributed by atoms with E-state index in [1.165, 1.54) is 16.7 Å². The molecule has 1 aromatic rings. The highest BCUT2D eigenvalue weighted by Gasteiger charge is 2.39. The summed E-state index contributed by atoms with van der Waals surface area (Å²) < 4.78 is 5.01. The van der Waals surface area contributed by atoms with Crippen LogP contribution in [0.2, 0.25) is 5.02 Å². The van der Waals surface area contributed by atoms with Crippen LogP contribution < -0.4 is 0 Å².